The van der Waals surface area contributed by atoms with E-state index >= 15 is 0 Å². The van der Waals surface area contributed by atoms with Gasteiger partial charge in [0.2, 0.25) is 4.77 Å². The molecule has 4 nitrogen and oxygen atoms in total. The second kappa shape index (κ2) is 8.54. The number of aromatic nitrogens is 3. The van der Waals surface area contributed by atoms with Crippen molar-refractivity contribution in [1.82, 2.24) is 19.7 Å². The van der Waals surface area contributed by atoms with Crippen LogP contribution in [0.25, 0.3) is 12.2 Å². The first-order valence-corrected chi connectivity index (χ1v) is 9.41. The molecular weight excluding hydrogens is 335 g/mol. The first-order chi connectivity index (χ1) is 12.2. The fourth-order valence-corrected chi connectivity index (χ4v) is 3.60. The van der Waals surface area contributed by atoms with Crippen molar-refractivity contribution >= 4 is 24.4 Å². The van der Waals surface area contributed by atoms with Gasteiger partial charge >= 0.3 is 0 Å². The van der Waals surface area contributed by atoms with Crippen LogP contribution in [0.5, 0.6) is 0 Å². The molecule has 134 valence electrons. The molecule has 1 aromatic heterocycles. The largest absolute Gasteiger partial charge is 0.282 e. The lowest BCUT2D eigenvalue weighted by Gasteiger charge is -2.33. The van der Waals surface area contributed by atoms with E-state index in [0.29, 0.717) is 16.6 Å². The number of hydrogen-bond acceptors (Lipinski definition) is 3. The molecule has 1 saturated carbocycles. The van der Waals surface area contributed by atoms with Crippen LogP contribution < -0.4 is 0 Å². The molecule has 0 saturated heterocycles. The molecular formula is C19H25FN4S. The molecule has 0 unspecified atom stereocenters. The standard InChI is InChI=1S/C19H25FN4S/c1-2-23(17-6-4-3-5-7-17)14-24-19(25)21-18(22-24)13-10-15-8-11-16(20)12-9-15/h8-13,17H,2-7,14H2,1H3,(H,21,22,25)/b13-10+. The van der Waals surface area contributed by atoms with E-state index in [2.05, 4.69) is 21.9 Å². The zero-order chi connectivity index (χ0) is 17.6. The fourth-order valence-electron chi connectivity index (χ4n) is 3.40. The molecule has 1 aliphatic rings. The molecule has 1 aliphatic carbocycles. The third-order valence-corrected chi connectivity index (χ3v) is 5.13. The molecule has 0 bridgehead atoms. The minimum absolute atomic E-state index is 0.233. The van der Waals surface area contributed by atoms with Gasteiger partial charge in [-0.1, -0.05) is 44.4 Å². The van der Waals surface area contributed by atoms with Gasteiger partial charge in [-0.15, -0.1) is 0 Å². The monoisotopic (exact) mass is 360 g/mol. The van der Waals surface area contributed by atoms with Gasteiger partial charge in [-0.05, 0) is 55.4 Å². The molecule has 1 aromatic carbocycles. The third kappa shape index (κ3) is 4.86. The highest BCUT2D eigenvalue weighted by Crippen LogP contribution is 2.22. The van der Waals surface area contributed by atoms with Crippen molar-refractivity contribution in [3.8, 4) is 0 Å². The zero-order valence-electron chi connectivity index (χ0n) is 14.6. The summed E-state index contributed by atoms with van der Waals surface area (Å²) >= 11 is 5.40. The third-order valence-electron chi connectivity index (χ3n) is 4.82. The van der Waals surface area contributed by atoms with Crippen LogP contribution >= 0.6 is 12.2 Å². The number of nitrogens with zero attached hydrogens (tertiary/aromatic N) is 3. The molecule has 0 atom stereocenters. The second-order valence-electron chi connectivity index (χ2n) is 6.54. The summed E-state index contributed by atoms with van der Waals surface area (Å²) in [4.78, 5) is 6.88. The predicted octanol–water partition coefficient (Wildman–Crippen LogP) is 4.86. The van der Waals surface area contributed by atoms with E-state index in [0.717, 1.165) is 18.8 Å². The number of nitrogens with one attached hydrogen (secondary N) is 1. The van der Waals surface area contributed by atoms with Crippen LogP contribution in [-0.4, -0.2) is 32.3 Å². The normalized spacial score (nSPS) is 16.1. The van der Waals surface area contributed by atoms with Crippen LogP contribution in [-0.2, 0) is 6.67 Å². The average molecular weight is 361 g/mol. The van der Waals surface area contributed by atoms with Gasteiger partial charge in [0.25, 0.3) is 0 Å². The van der Waals surface area contributed by atoms with E-state index in [1.54, 1.807) is 12.1 Å². The van der Waals surface area contributed by atoms with Crippen molar-refractivity contribution in [3.63, 3.8) is 0 Å². The summed E-state index contributed by atoms with van der Waals surface area (Å²) in [6.45, 7) is 3.95. The highest BCUT2D eigenvalue weighted by molar-refractivity contribution is 7.71. The molecule has 6 heteroatoms. The molecule has 0 amide bonds. The highest BCUT2D eigenvalue weighted by Gasteiger charge is 2.20. The van der Waals surface area contributed by atoms with Crippen molar-refractivity contribution in [2.75, 3.05) is 6.54 Å². The maximum absolute atomic E-state index is 13.0. The van der Waals surface area contributed by atoms with Gasteiger partial charge in [-0.25, -0.2) is 9.07 Å². The summed E-state index contributed by atoms with van der Waals surface area (Å²) in [7, 11) is 0. The fraction of sp³-hybridized carbons (Fsp3) is 0.474. The van der Waals surface area contributed by atoms with Crippen LogP contribution in [0.4, 0.5) is 4.39 Å². The Labute approximate surface area is 153 Å². The molecule has 3 rings (SSSR count). The molecule has 1 heterocycles. The number of H-pyrrole nitrogens is 1. The van der Waals surface area contributed by atoms with Crippen molar-refractivity contribution in [2.24, 2.45) is 0 Å². The van der Waals surface area contributed by atoms with Gasteiger partial charge in [-0.2, -0.15) is 4.98 Å². The first kappa shape index (κ1) is 18.0. The maximum atomic E-state index is 13.0. The van der Waals surface area contributed by atoms with Crippen molar-refractivity contribution in [2.45, 2.75) is 51.7 Å². The Balaban J connectivity index is 1.68. The summed E-state index contributed by atoms with van der Waals surface area (Å²) in [6, 6.07) is 7.01. The molecule has 0 radical (unpaired) electrons. The zero-order valence-corrected chi connectivity index (χ0v) is 15.4. The Morgan fingerprint density at radius 3 is 2.64 bits per heavy atom. The number of rotatable bonds is 6. The summed E-state index contributed by atoms with van der Waals surface area (Å²) in [5, 5.41) is 3.27. The summed E-state index contributed by atoms with van der Waals surface area (Å²) in [5.74, 6) is 0.484. The smallest absolute Gasteiger partial charge is 0.217 e. The van der Waals surface area contributed by atoms with Gasteiger partial charge in [0.15, 0.2) is 0 Å². The highest BCUT2D eigenvalue weighted by atomic mass is 32.1. The number of aromatic amines is 1. The van der Waals surface area contributed by atoms with E-state index in [1.165, 1.54) is 44.2 Å². The summed E-state index contributed by atoms with van der Waals surface area (Å²) < 4.78 is 15.4. The van der Waals surface area contributed by atoms with Crippen molar-refractivity contribution in [3.05, 3.63) is 46.2 Å². The van der Waals surface area contributed by atoms with Gasteiger partial charge in [-0.3, -0.25) is 10.00 Å². The van der Waals surface area contributed by atoms with Gasteiger partial charge < -0.3 is 0 Å². The Morgan fingerprint density at radius 2 is 1.96 bits per heavy atom. The second-order valence-corrected chi connectivity index (χ2v) is 6.91. The Kier molecular flexibility index (Phi) is 6.15. The van der Waals surface area contributed by atoms with Crippen LogP contribution in [0.2, 0.25) is 0 Å². The SMILES string of the molecule is CCN(Cn1[nH]c(/C=C/c2ccc(F)cc2)nc1=S)C1CCCCC1. The molecule has 2 aromatic rings. The van der Waals surface area contributed by atoms with E-state index in [1.807, 2.05) is 16.8 Å². The van der Waals surface area contributed by atoms with Crippen molar-refractivity contribution in [1.29, 1.82) is 0 Å². The molecule has 1 N–H and O–H groups in total. The van der Waals surface area contributed by atoms with E-state index in [-0.39, 0.29) is 5.82 Å². The lowest BCUT2D eigenvalue weighted by atomic mass is 9.94. The van der Waals surface area contributed by atoms with Crippen LogP contribution in [0.3, 0.4) is 0 Å². The topological polar surface area (TPSA) is 36.9 Å². The quantitative estimate of drug-likeness (QED) is 0.747. The molecule has 1 fully saturated rings. The summed E-state index contributed by atoms with van der Waals surface area (Å²) in [6.07, 6.45) is 10.3. The van der Waals surface area contributed by atoms with Gasteiger partial charge in [0.1, 0.15) is 11.6 Å². The van der Waals surface area contributed by atoms with Gasteiger partial charge in [0, 0.05) is 6.04 Å². The van der Waals surface area contributed by atoms with Crippen LogP contribution in [0.1, 0.15) is 50.4 Å². The lowest BCUT2D eigenvalue weighted by Crippen LogP contribution is -2.38. The van der Waals surface area contributed by atoms with Crippen LogP contribution in [0, 0.1) is 10.6 Å². The van der Waals surface area contributed by atoms with E-state index in [9.17, 15) is 4.39 Å². The Bertz CT molecular complexity index is 756. The van der Waals surface area contributed by atoms with Crippen LogP contribution in [0.15, 0.2) is 24.3 Å². The molecule has 0 aliphatic heterocycles. The number of benzene rings is 1. The maximum Gasteiger partial charge on any atom is 0.217 e. The first-order valence-electron chi connectivity index (χ1n) is 9.00. The molecule has 0 spiro atoms. The van der Waals surface area contributed by atoms with E-state index in [4.69, 9.17) is 12.2 Å². The van der Waals surface area contributed by atoms with Gasteiger partial charge in [0.05, 0.1) is 6.67 Å². The Morgan fingerprint density at radius 1 is 1.24 bits per heavy atom. The predicted molar refractivity (Wildman–Crippen MR) is 102 cm³/mol. The number of hydrogen-bond donors (Lipinski definition) is 1. The van der Waals surface area contributed by atoms with Crippen molar-refractivity contribution < 1.29 is 4.39 Å². The minimum atomic E-state index is -0.233. The lowest BCUT2D eigenvalue weighted by molar-refractivity contribution is 0.119. The molecule has 25 heavy (non-hydrogen) atoms. The summed E-state index contributed by atoms with van der Waals surface area (Å²) in [5.41, 5.74) is 0.924. The average Bonchev–Trinajstić information content (AvgIpc) is 2.99. The number of halogens is 1. The van der Waals surface area contributed by atoms with E-state index < -0.39 is 0 Å². The Hall–Kier alpha value is -1.79. The minimum Gasteiger partial charge on any atom is -0.282 e.